The number of hydrogen-bond donors (Lipinski definition) is 2. The Bertz CT molecular complexity index is 1040. The van der Waals surface area contributed by atoms with Gasteiger partial charge in [-0.2, -0.15) is 4.98 Å². The van der Waals surface area contributed by atoms with Crippen molar-refractivity contribution in [2.75, 3.05) is 63.7 Å². The molecule has 0 spiro atoms. The number of ether oxygens (including phenoxy) is 1. The molecule has 0 unspecified atom stereocenters. The van der Waals surface area contributed by atoms with Crippen LogP contribution in [0.5, 0.6) is 6.01 Å². The maximum absolute atomic E-state index is 12.7. The Morgan fingerprint density at radius 3 is 2.61 bits per heavy atom. The summed E-state index contributed by atoms with van der Waals surface area (Å²) in [5, 5.41) is 3.96. The fourth-order valence-corrected chi connectivity index (χ4v) is 5.17. The average Bonchev–Trinajstić information content (AvgIpc) is 3.23. The van der Waals surface area contributed by atoms with Gasteiger partial charge in [0.2, 0.25) is 5.91 Å². The lowest BCUT2D eigenvalue weighted by Gasteiger charge is -2.34. The van der Waals surface area contributed by atoms with E-state index in [0.717, 1.165) is 65.1 Å². The number of amides is 1. The first-order valence-corrected chi connectivity index (χ1v) is 13.4. The summed E-state index contributed by atoms with van der Waals surface area (Å²) in [5.74, 6) is 0.00734. The van der Waals surface area contributed by atoms with Crippen molar-refractivity contribution in [1.82, 2.24) is 24.8 Å². The smallest absolute Gasteiger partial charge is 0.294 e. The fraction of sp³-hybridized carbons (Fsp3) is 0.435. The molecule has 3 heterocycles. The standard InChI is InChI=1S/C23H30N6O2S2/c1-16-14-19(32-2)21(22(24-16)33-3)27-20(30)15-29-10-8-28(9-11-29)12-13-31-23-25-17-6-4-5-7-18(17)26-23/h4-7,14H,8-13,15H2,1-3H3,(H,25,26)(H,27,30). The first-order chi connectivity index (χ1) is 16.1. The molecule has 0 atom stereocenters. The van der Waals surface area contributed by atoms with Crippen LogP contribution in [0, 0.1) is 6.92 Å². The number of aryl methyl sites for hydroxylation is 1. The molecule has 1 fully saturated rings. The zero-order valence-corrected chi connectivity index (χ0v) is 20.9. The van der Waals surface area contributed by atoms with E-state index in [0.29, 0.717) is 19.2 Å². The van der Waals surface area contributed by atoms with Crippen LogP contribution in [-0.4, -0.2) is 89.0 Å². The molecule has 3 aromatic rings. The van der Waals surface area contributed by atoms with E-state index in [4.69, 9.17) is 4.74 Å². The van der Waals surface area contributed by atoms with Gasteiger partial charge in [-0.15, -0.1) is 23.5 Å². The van der Waals surface area contributed by atoms with Crippen molar-refractivity contribution in [3.05, 3.63) is 36.0 Å². The van der Waals surface area contributed by atoms with Crippen LogP contribution in [0.3, 0.4) is 0 Å². The third kappa shape index (κ3) is 6.20. The molecule has 0 radical (unpaired) electrons. The lowest BCUT2D eigenvalue weighted by Crippen LogP contribution is -2.49. The van der Waals surface area contributed by atoms with E-state index in [1.807, 2.05) is 49.8 Å². The summed E-state index contributed by atoms with van der Waals surface area (Å²) in [6, 6.07) is 10.5. The van der Waals surface area contributed by atoms with Crippen molar-refractivity contribution < 1.29 is 9.53 Å². The maximum atomic E-state index is 12.7. The molecule has 8 nitrogen and oxygen atoms in total. The van der Waals surface area contributed by atoms with Crippen LogP contribution in [0.4, 0.5) is 5.69 Å². The molecule has 2 N–H and O–H groups in total. The van der Waals surface area contributed by atoms with Gasteiger partial charge in [0.1, 0.15) is 11.6 Å². The minimum Gasteiger partial charge on any atom is -0.463 e. The topological polar surface area (TPSA) is 86.4 Å². The van der Waals surface area contributed by atoms with Crippen molar-refractivity contribution in [3.8, 4) is 6.01 Å². The van der Waals surface area contributed by atoms with Gasteiger partial charge in [0, 0.05) is 43.3 Å². The van der Waals surface area contributed by atoms with E-state index in [9.17, 15) is 4.79 Å². The highest BCUT2D eigenvalue weighted by atomic mass is 32.2. The summed E-state index contributed by atoms with van der Waals surface area (Å²) in [6.45, 7) is 7.31. The zero-order valence-electron chi connectivity index (χ0n) is 19.3. The van der Waals surface area contributed by atoms with Crippen LogP contribution >= 0.6 is 23.5 Å². The number of aromatic nitrogens is 3. The van der Waals surface area contributed by atoms with Crippen molar-refractivity contribution in [1.29, 1.82) is 0 Å². The van der Waals surface area contributed by atoms with Crippen molar-refractivity contribution in [2.45, 2.75) is 16.8 Å². The number of nitrogens with zero attached hydrogens (tertiary/aromatic N) is 4. The number of anilines is 1. The van der Waals surface area contributed by atoms with Crippen LogP contribution < -0.4 is 10.1 Å². The summed E-state index contributed by atoms with van der Waals surface area (Å²) in [5.41, 5.74) is 3.68. The molecule has 1 saturated heterocycles. The predicted molar refractivity (Wildman–Crippen MR) is 136 cm³/mol. The summed E-state index contributed by atoms with van der Waals surface area (Å²) in [6.07, 6.45) is 4.00. The van der Waals surface area contributed by atoms with Crippen molar-refractivity contribution >= 4 is 46.2 Å². The molecular weight excluding hydrogens is 456 g/mol. The molecule has 176 valence electrons. The number of imidazole rings is 1. The lowest BCUT2D eigenvalue weighted by atomic mass is 10.3. The number of rotatable bonds is 9. The van der Waals surface area contributed by atoms with Gasteiger partial charge in [-0.3, -0.25) is 14.6 Å². The Hall–Kier alpha value is -2.27. The van der Waals surface area contributed by atoms with Gasteiger partial charge in [-0.25, -0.2) is 4.98 Å². The number of para-hydroxylation sites is 2. The normalized spacial score (nSPS) is 15.1. The maximum Gasteiger partial charge on any atom is 0.294 e. The van der Waals surface area contributed by atoms with Gasteiger partial charge >= 0.3 is 0 Å². The Morgan fingerprint density at radius 2 is 1.88 bits per heavy atom. The number of piperazine rings is 1. The average molecular weight is 487 g/mol. The Labute approximate surface area is 202 Å². The van der Waals surface area contributed by atoms with E-state index in [-0.39, 0.29) is 5.91 Å². The van der Waals surface area contributed by atoms with Gasteiger partial charge in [-0.1, -0.05) is 12.1 Å². The summed E-state index contributed by atoms with van der Waals surface area (Å²) in [4.78, 5) is 30.6. The molecule has 4 rings (SSSR count). The molecule has 0 aliphatic carbocycles. The molecule has 1 aliphatic rings. The number of aromatic amines is 1. The Balaban J connectivity index is 1.21. The number of H-pyrrole nitrogens is 1. The van der Waals surface area contributed by atoms with Crippen LogP contribution in [0.15, 0.2) is 40.3 Å². The van der Waals surface area contributed by atoms with Gasteiger partial charge in [0.05, 0.1) is 23.3 Å². The third-order valence-corrected chi connectivity index (χ3v) is 7.05. The Kier molecular flexibility index (Phi) is 8.13. The molecule has 1 amide bonds. The molecule has 1 aromatic carbocycles. The number of pyridine rings is 1. The molecule has 2 aromatic heterocycles. The van der Waals surface area contributed by atoms with E-state index in [1.54, 1.807) is 23.5 Å². The predicted octanol–water partition coefficient (Wildman–Crippen LogP) is 3.35. The van der Waals surface area contributed by atoms with Crippen molar-refractivity contribution in [2.24, 2.45) is 0 Å². The van der Waals surface area contributed by atoms with E-state index in [1.165, 1.54) is 0 Å². The first kappa shape index (κ1) is 23.9. The number of hydrogen-bond acceptors (Lipinski definition) is 8. The SMILES string of the molecule is CSc1cc(C)nc(SC)c1NC(=O)CN1CCN(CCOc2nc3ccccc3[nH]2)CC1. The number of fused-ring (bicyclic) bond motifs is 1. The highest BCUT2D eigenvalue weighted by Crippen LogP contribution is 2.33. The van der Waals surface area contributed by atoms with Gasteiger partial charge in [0.15, 0.2) is 0 Å². The zero-order chi connectivity index (χ0) is 23.2. The number of carbonyl (C=O) groups is 1. The van der Waals surface area contributed by atoms with Crippen LogP contribution in [0.25, 0.3) is 11.0 Å². The second kappa shape index (κ2) is 11.2. The number of benzene rings is 1. The number of carbonyl (C=O) groups excluding carboxylic acids is 1. The highest BCUT2D eigenvalue weighted by molar-refractivity contribution is 7.99. The van der Waals surface area contributed by atoms with Crippen LogP contribution in [-0.2, 0) is 4.79 Å². The molecule has 1 aliphatic heterocycles. The molecular formula is C23H30N6O2S2. The first-order valence-electron chi connectivity index (χ1n) is 11.0. The molecule has 0 saturated carbocycles. The molecule has 33 heavy (non-hydrogen) atoms. The minimum absolute atomic E-state index is 0.00734. The van der Waals surface area contributed by atoms with Gasteiger partial charge in [0.25, 0.3) is 6.01 Å². The van der Waals surface area contributed by atoms with Crippen LogP contribution in [0.1, 0.15) is 5.69 Å². The quantitative estimate of drug-likeness (QED) is 0.446. The van der Waals surface area contributed by atoms with E-state index < -0.39 is 0 Å². The molecule has 0 bridgehead atoms. The highest BCUT2D eigenvalue weighted by Gasteiger charge is 2.20. The van der Waals surface area contributed by atoms with Gasteiger partial charge in [-0.05, 0) is 37.6 Å². The Morgan fingerprint density at radius 1 is 1.12 bits per heavy atom. The number of nitrogens with one attached hydrogen (secondary N) is 2. The summed E-state index contributed by atoms with van der Waals surface area (Å²) < 4.78 is 5.81. The van der Waals surface area contributed by atoms with E-state index >= 15 is 0 Å². The lowest BCUT2D eigenvalue weighted by molar-refractivity contribution is -0.117. The second-order valence-corrected chi connectivity index (χ2v) is 9.57. The summed E-state index contributed by atoms with van der Waals surface area (Å²) >= 11 is 3.18. The molecule has 10 heteroatoms. The number of thioether (sulfide) groups is 2. The van der Waals surface area contributed by atoms with Gasteiger partial charge < -0.3 is 15.0 Å². The fourth-order valence-electron chi connectivity index (χ4n) is 3.86. The summed E-state index contributed by atoms with van der Waals surface area (Å²) in [7, 11) is 0. The second-order valence-electron chi connectivity index (χ2n) is 7.92. The van der Waals surface area contributed by atoms with E-state index in [2.05, 4.69) is 30.1 Å². The monoisotopic (exact) mass is 486 g/mol. The van der Waals surface area contributed by atoms with Crippen molar-refractivity contribution in [3.63, 3.8) is 0 Å². The van der Waals surface area contributed by atoms with Crippen LogP contribution in [0.2, 0.25) is 0 Å². The minimum atomic E-state index is 0.00734. The largest absolute Gasteiger partial charge is 0.463 e. The third-order valence-electron chi connectivity index (χ3n) is 5.60.